The second kappa shape index (κ2) is 8.84. The van der Waals surface area contributed by atoms with Gasteiger partial charge in [-0.3, -0.25) is 4.79 Å². The SMILES string of the molecule is CCCCC(N)Cc1ccc2c(c1)CCCN2C(=O)C1CCCCC1. The maximum Gasteiger partial charge on any atom is 0.230 e. The monoisotopic (exact) mass is 342 g/mol. The molecule has 25 heavy (non-hydrogen) atoms. The van der Waals surface area contributed by atoms with Crippen molar-refractivity contribution in [2.45, 2.75) is 83.6 Å². The van der Waals surface area contributed by atoms with Crippen LogP contribution < -0.4 is 10.6 Å². The second-order valence-electron chi connectivity index (χ2n) is 8.00. The van der Waals surface area contributed by atoms with Gasteiger partial charge in [-0.25, -0.2) is 0 Å². The van der Waals surface area contributed by atoms with E-state index in [4.69, 9.17) is 5.73 Å². The molecule has 2 N–H and O–H groups in total. The van der Waals surface area contributed by atoms with Gasteiger partial charge in [0, 0.05) is 24.2 Å². The molecule has 3 heteroatoms. The molecule has 0 radical (unpaired) electrons. The van der Waals surface area contributed by atoms with Gasteiger partial charge in [-0.2, -0.15) is 0 Å². The number of carbonyl (C=O) groups excluding carboxylic acids is 1. The molecule has 1 fully saturated rings. The summed E-state index contributed by atoms with van der Waals surface area (Å²) in [6.07, 6.45) is 12.5. The first kappa shape index (κ1) is 18.4. The minimum absolute atomic E-state index is 0.251. The number of benzene rings is 1. The van der Waals surface area contributed by atoms with E-state index in [-0.39, 0.29) is 12.0 Å². The highest BCUT2D eigenvalue weighted by molar-refractivity contribution is 5.96. The van der Waals surface area contributed by atoms with Crippen LogP contribution in [0.1, 0.15) is 75.8 Å². The average molecular weight is 343 g/mol. The average Bonchev–Trinajstić information content (AvgIpc) is 2.66. The molecule has 138 valence electrons. The van der Waals surface area contributed by atoms with Crippen molar-refractivity contribution in [2.75, 3.05) is 11.4 Å². The minimum Gasteiger partial charge on any atom is -0.327 e. The second-order valence-corrected chi connectivity index (χ2v) is 8.00. The van der Waals surface area contributed by atoms with Gasteiger partial charge in [0.1, 0.15) is 0 Å². The third-order valence-corrected chi connectivity index (χ3v) is 5.91. The van der Waals surface area contributed by atoms with Crippen LogP contribution in [0, 0.1) is 5.92 Å². The lowest BCUT2D eigenvalue weighted by Gasteiger charge is -2.34. The summed E-state index contributed by atoms with van der Waals surface area (Å²) in [6, 6.07) is 6.93. The number of fused-ring (bicyclic) bond motifs is 1. The maximum atomic E-state index is 13.0. The molecule has 3 nitrogen and oxygen atoms in total. The number of anilines is 1. The van der Waals surface area contributed by atoms with Crippen molar-refractivity contribution < 1.29 is 4.79 Å². The normalized spacial score (nSPS) is 19.5. The van der Waals surface area contributed by atoms with E-state index in [0.29, 0.717) is 5.91 Å². The lowest BCUT2D eigenvalue weighted by atomic mass is 9.87. The van der Waals surface area contributed by atoms with E-state index >= 15 is 0 Å². The highest BCUT2D eigenvalue weighted by Crippen LogP contribution is 2.33. The van der Waals surface area contributed by atoms with E-state index in [2.05, 4.69) is 30.0 Å². The Morgan fingerprint density at radius 3 is 2.80 bits per heavy atom. The van der Waals surface area contributed by atoms with Crippen molar-refractivity contribution in [1.29, 1.82) is 0 Å². The molecule has 0 bridgehead atoms. The molecule has 0 saturated heterocycles. The van der Waals surface area contributed by atoms with Crippen LogP contribution in [0.5, 0.6) is 0 Å². The standard InChI is InChI=1S/C22H34N2O/c1-2-3-11-20(23)16-17-12-13-21-19(15-17)10-7-14-24(21)22(25)18-8-5-4-6-9-18/h12-13,15,18,20H,2-11,14,16,23H2,1H3. The fourth-order valence-electron chi connectivity index (χ4n) is 4.45. The largest absolute Gasteiger partial charge is 0.327 e. The van der Waals surface area contributed by atoms with Gasteiger partial charge in [-0.05, 0) is 55.7 Å². The van der Waals surface area contributed by atoms with Crippen LogP contribution in [0.25, 0.3) is 0 Å². The Labute approximate surface area is 153 Å². The highest BCUT2D eigenvalue weighted by Gasteiger charge is 2.29. The molecule has 0 aromatic heterocycles. The first-order valence-corrected chi connectivity index (χ1v) is 10.4. The number of nitrogens with zero attached hydrogens (tertiary/aromatic N) is 1. The van der Waals surface area contributed by atoms with E-state index in [1.807, 2.05) is 0 Å². The van der Waals surface area contributed by atoms with E-state index < -0.39 is 0 Å². The van der Waals surface area contributed by atoms with Gasteiger partial charge in [0.25, 0.3) is 0 Å². The maximum absolute atomic E-state index is 13.0. The molecule has 1 aliphatic carbocycles. The first-order valence-electron chi connectivity index (χ1n) is 10.4. The summed E-state index contributed by atoms with van der Waals surface area (Å²) in [5.41, 5.74) is 10.1. The van der Waals surface area contributed by atoms with Crippen molar-refractivity contribution in [2.24, 2.45) is 11.7 Å². The van der Waals surface area contributed by atoms with Crippen LogP contribution in [-0.4, -0.2) is 18.5 Å². The van der Waals surface area contributed by atoms with Gasteiger partial charge in [-0.1, -0.05) is 51.2 Å². The summed E-state index contributed by atoms with van der Waals surface area (Å²) < 4.78 is 0. The van der Waals surface area contributed by atoms with Crippen LogP contribution >= 0.6 is 0 Å². The van der Waals surface area contributed by atoms with Crippen molar-refractivity contribution in [3.63, 3.8) is 0 Å². The summed E-state index contributed by atoms with van der Waals surface area (Å²) in [6.45, 7) is 3.10. The quantitative estimate of drug-likeness (QED) is 0.821. The molecule has 1 saturated carbocycles. The summed E-state index contributed by atoms with van der Waals surface area (Å²) in [5, 5.41) is 0. The number of unbranched alkanes of at least 4 members (excludes halogenated alkanes) is 1. The van der Waals surface area contributed by atoms with Gasteiger partial charge in [-0.15, -0.1) is 0 Å². The molecule has 0 spiro atoms. The predicted octanol–water partition coefficient (Wildman–Crippen LogP) is 4.61. The molecule has 1 aromatic rings. The van der Waals surface area contributed by atoms with Crippen LogP contribution in [0.2, 0.25) is 0 Å². The van der Waals surface area contributed by atoms with Crippen molar-refractivity contribution in [1.82, 2.24) is 0 Å². The lowest BCUT2D eigenvalue weighted by Crippen LogP contribution is -2.40. The summed E-state index contributed by atoms with van der Waals surface area (Å²) in [7, 11) is 0. The van der Waals surface area contributed by atoms with E-state index in [1.54, 1.807) is 0 Å². The topological polar surface area (TPSA) is 46.3 Å². The predicted molar refractivity (Wildman–Crippen MR) is 105 cm³/mol. The molecular formula is C22H34N2O. The molecular weight excluding hydrogens is 308 g/mol. The Kier molecular flexibility index (Phi) is 6.52. The van der Waals surface area contributed by atoms with E-state index in [1.165, 1.54) is 43.2 Å². The number of rotatable bonds is 6. The molecule has 1 atom stereocenters. The van der Waals surface area contributed by atoms with E-state index in [9.17, 15) is 4.79 Å². The number of nitrogens with two attached hydrogens (primary N) is 1. The van der Waals surface area contributed by atoms with Gasteiger partial charge in [0.05, 0.1) is 0 Å². The molecule has 2 aliphatic rings. The van der Waals surface area contributed by atoms with Crippen molar-refractivity contribution in [3.05, 3.63) is 29.3 Å². The smallest absolute Gasteiger partial charge is 0.230 e. The number of hydrogen-bond acceptors (Lipinski definition) is 2. The minimum atomic E-state index is 0.251. The molecule has 3 rings (SSSR count). The summed E-state index contributed by atoms with van der Waals surface area (Å²) in [5.74, 6) is 0.620. The van der Waals surface area contributed by atoms with Gasteiger partial charge < -0.3 is 10.6 Å². The van der Waals surface area contributed by atoms with Gasteiger partial charge in [0.15, 0.2) is 0 Å². The number of aryl methyl sites for hydroxylation is 1. The zero-order chi connectivity index (χ0) is 17.6. The fourth-order valence-corrected chi connectivity index (χ4v) is 4.45. The Bertz CT molecular complexity index is 577. The lowest BCUT2D eigenvalue weighted by molar-refractivity contribution is -0.123. The Morgan fingerprint density at radius 1 is 1.24 bits per heavy atom. The Balaban J connectivity index is 1.70. The number of hydrogen-bond donors (Lipinski definition) is 1. The highest BCUT2D eigenvalue weighted by atomic mass is 16.2. The zero-order valence-corrected chi connectivity index (χ0v) is 15.8. The molecule has 1 unspecified atom stereocenters. The molecule has 1 heterocycles. The zero-order valence-electron chi connectivity index (χ0n) is 15.8. The van der Waals surface area contributed by atoms with Crippen molar-refractivity contribution >= 4 is 11.6 Å². The first-order chi connectivity index (χ1) is 12.2. The third kappa shape index (κ3) is 4.63. The molecule has 1 aromatic carbocycles. The van der Waals surface area contributed by atoms with Crippen molar-refractivity contribution in [3.8, 4) is 0 Å². The summed E-state index contributed by atoms with van der Waals surface area (Å²) >= 11 is 0. The van der Waals surface area contributed by atoms with Crippen LogP contribution in [0.15, 0.2) is 18.2 Å². The molecule has 1 amide bonds. The number of amides is 1. The molecule has 1 aliphatic heterocycles. The Hall–Kier alpha value is -1.35. The number of carbonyl (C=O) groups is 1. The summed E-state index contributed by atoms with van der Waals surface area (Å²) in [4.78, 5) is 15.1. The van der Waals surface area contributed by atoms with Crippen LogP contribution in [0.3, 0.4) is 0 Å². The fraction of sp³-hybridized carbons (Fsp3) is 0.682. The van der Waals surface area contributed by atoms with Crippen LogP contribution in [-0.2, 0) is 17.6 Å². The third-order valence-electron chi connectivity index (χ3n) is 5.91. The van der Waals surface area contributed by atoms with Gasteiger partial charge in [0.2, 0.25) is 5.91 Å². The van der Waals surface area contributed by atoms with Crippen LogP contribution in [0.4, 0.5) is 5.69 Å². The van der Waals surface area contributed by atoms with E-state index in [0.717, 1.165) is 50.8 Å². The Morgan fingerprint density at radius 2 is 2.04 bits per heavy atom. The van der Waals surface area contributed by atoms with Gasteiger partial charge >= 0.3 is 0 Å².